The van der Waals surface area contributed by atoms with Crippen molar-refractivity contribution in [1.29, 1.82) is 0 Å². The molecule has 6 N–H and O–H groups in total. The summed E-state index contributed by atoms with van der Waals surface area (Å²) >= 11 is 0. The van der Waals surface area contributed by atoms with Gasteiger partial charge in [-0.3, -0.25) is 10.8 Å². The Morgan fingerprint density at radius 2 is 2.09 bits per heavy atom. The summed E-state index contributed by atoms with van der Waals surface area (Å²) in [4.78, 5) is 11.3. The number of piperidine rings is 1. The number of hydrogen-bond donors (Lipinski definition) is 5. The van der Waals surface area contributed by atoms with Gasteiger partial charge in [-0.05, 0) is 47.2 Å². The summed E-state index contributed by atoms with van der Waals surface area (Å²) in [5.74, 6) is 6.83. The fourth-order valence-corrected chi connectivity index (χ4v) is 3.93. The van der Waals surface area contributed by atoms with Crippen LogP contribution in [0.25, 0.3) is 10.4 Å². The summed E-state index contributed by atoms with van der Waals surface area (Å²) in [5, 5.41) is 18.8. The summed E-state index contributed by atoms with van der Waals surface area (Å²) < 4.78 is 0. The third-order valence-corrected chi connectivity index (χ3v) is 5.67. The Hall–Kier alpha value is -3.47. The fraction of sp³-hybridized carbons (Fsp3) is 0.333. The molecule has 1 atom stereocenters. The Balaban J connectivity index is 1.46. The molecule has 32 heavy (non-hydrogen) atoms. The van der Waals surface area contributed by atoms with Gasteiger partial charge in [0.25, 0.3) is 0 Å². The largest absolute Gasteiger partial charge is 0.371 e. The van der Waals surface area contributed by atoms with Crippen molar-refractivity contribution in [2.45, 2.75) is 31.2 Å². The van der Waals surface area contributed by atoms with Crippen LogP contribution in [0.1, 0.15) is 30.2 Å². The Bertz CT molecular complexity index is 1050. The molecular weight excluding hydrogens is 408 g/mol. The molecule has 2 aromatic rings. The molecule has 2 aliphatic rings. The number of aliphatic hydroxyl groups is 1. The van der Waals surface area contributed by atoms with Crippen LogP contribution in [0.2, 0.25) is 0 Å². The molecular formula is C21H26N10O. The van der Waals surface area contributed by atoms with Crippen molar-refractivity contribution in [2.24, 2.45) is 20.9 Å². The maximum absolute atomic E-state index is 10.1. The maximum atomic E-state index is 10.1. The van der Waals surface area contributed by atoms with Gasteiger partial charge in [0.15, 0.2) is 6.23 Å². The van der Waals surface area contributed by atoms with Crippen molar-refractivity contribution < 1.29 is 5.11 Å². The number of nitrogens with two attached hydrogens (primary N) is 1. The van der Waals surface area contributed by atoms with E-state index in [1.54, 1.807) is 6.07 Å². The lowest BCUT2D eigenvalue weighted by molar-refractivity contribution is 0.189. The molecule has 2 heterocycles. The zero-order valence-electron chi connectivity index (χ0n) is 17.5. The van der Waals surface area contributed by atoms with Gasteiger partial charge in [-0.25, -0.2) is 15.4 Å². The lowest BCUT2D eigenvalue weighted by Gasteiger charge is -2.44. The van der Waals surface area contributed by atoms with Gasteiger partial charge >= 0.3 is 0 Å². The number of nitrogens with one attached hydrogen (secondary N) is 3. The minimum atomic E-state index is -1.10. The number of anilines is 1. The van der Waals surface area contributed by atoms with Gasteiger partial charge in [0.2, 0.25) is 0 Å². The monoisotopic (exact) mass is 434 g/mol. The molecule has 166 valence electrons. The van der Waals surface area contributed by atoms with Gasteiger partial charge in [0, 0.05) is 30.1 Å². The SMILES string of the molecule is [N-]=[N+]=NC=NC(O)c1cccc(CNNC2=Nc3ccccc3NC23CCN(N)CC3)c1. The van der Waals surface area contributed by atoms with Crippen LogP contribution in [0, 0.1) is 0 Å². The van der Waals surface area contributed by atoms with Crippen molar-refractivity contribution in [3.63, 3.8) is 0 Å². The van der Waals surface area contributed by atoms with E-state index in [9.17, 15) is 5.11 Å². The normalized spacial score (nSPS) is 18.4. The number of hydrazine groups is 2. The summed E-state index contributed by atoms with van der Waals surface area (Å²) in [6, 6.07) is 15.4. The number of aliphatic hydroxyl groups excluding tert-OH is 1. The predicted molar refractivity (Wildman–Crippen MR) is 124 cm³/mol. The van der Waals surface area contributed by atoms with E-state index in [0.29, 0.717) is 12.1 Å². The summed E-state index contributed by atoms with van der Waals surface area (Å²) in [6.07, 6.45) is 1.56. The van der Waals surface area contributed by atoms with Crippen LogP contribution in [0.15, 0.2) is 63.6 Å². The van der Waals surface area contributed by atoms with Crippen LogP contribution >= 0.6 is 0 Å². The fourth-order valence-electron chi connectivity index (χ4n) is 3.93. The molecule has 0 radical (unpaired) electrons. The average Bonchev–Trinajstić information content (AvgIpc) is 2.81. The number of aliphatic imine (C=N–C) groups is 2. The Morgan fingerprint density at radius 1 is 1.28 bits per heavy atom. The standard InChI is InChI=1S/C21H26N10O/c22-30-26-14-24-19(32)16-5-3-4-15(12-16)13-25-29-20-21(8-10-31(23)11-9-21)28-18-7-2-1-6-17(18)27-20/h1-7,12,14,19,25,28,32H,8-11,13,23H2,(H,27,29). The molecule has 0 aliphatic carbocycles. The Morgan fingerprint density at radius 3 is 2.91 bits per heavy atom. The first kappa shape index (κ1) is 21.8. The van der Waals surface area contributed by atoms with Crippen LogP contribution in [0.5, 0.6) is 0 Å². The molecule has 11 nitrogen and oxygen atoms in total. The lowest BCUT2D eigenvalue weighted by Crippen LogP contribution is -2.62. The van der Waals surface area contributed by atoms with Crippen LogP contribution < -0.4 is 22.0 Å². The highest BCUT2D eigenvalue weighted by Gasteiger charge is 2.41. The maximum Gasteiger partial charge on any atom is 0.171 e. The number of amidine groups is 1. The molecule has 0 saturated carbocycles. The van der Waals surface area contributed by atoms with Crippen molar-refractivity contribution in [3.8, 4) is 0 Å². The van der Waals surface area contributed by atoms with Crippen LogP contribution in [-0.2, 0) is 6.54 Å². The number of para-hydroxylation sites is 2. The topological polar surface area (TPSA) is 159 Å². The van der Waals surface area contributed by atoms with Gasteiger partial charge in [-0.2, -0.15) is 0 Å². The summed E-state index contributed by atoms with van der Waals surface area (Å²) in [5.41, 5.74) is 18.0. The van der Waals surface area contributed by atoms with Gasteiger partial charge < -0.3 is 15.8 Å². The highest BCUT2D eigenvalue weighted by molar-refractivity contribution is 6.00. The highest BCUT2D eigenvalue weighted by Crippen LogP contribution is 2.37. The predicted octanol–water partition coefficient (Wildman–Crippen LogP) is 2.47. The minimum absolute atomic E-state index is 0.314. The van der Waals surface area contributed by atoms with Gasteiger partial charge in [-0.15, -0.1) is 0 Å². The van der Waals surface area contributed by atoms with Gasteiger partial charge in [0.05, 0.1) is 23.3 Å². The van der Waals surface area contributed by atoms with Crippen molar-refractivity contribution in [3.05, 3.63) is 70.1 Å². The van der Waals surface area contributed by atoms with Crippen LogP contribution in [-0.4, -0.2) is 40.9 Å². The van der Waals surface area contributed by atoms with E-state index < -0.39 is 6.23 Å². The van der Waals surface area contributed by atoms with E-state index in [4.69, 9.17) is 16.4 Å². The molecule has 0 aromatic heterocycles. The van der Waals surface area contributed by atoms with Crippen LogP contribution in [0.4, 0.5) is 11.4 Å². The highest BCUT2D eigenvalue weighted by atomic mass is 16.3. The summed E-state index contributed by atoms with van der Waals surface area (Å²) in [7, 11) is 0. The Labute approximate surface area is 185 Å². The first-order valence-corrected chi connectivity index (χ1v) is 10.4. The zero-order chi connectivity index (χ0) is 22.4. The first-order valence-electron chi connectivity index (χ1n) is 10.4. The van der Waals surface area contributed by atoms with Crippen molar-refractivity contribution in [2.75, 3.05) is 18.4 Å². The molecule has 0 amide bonds. The third-order valence-electron chi connectivity index (χ3n) is 5.67. The number of fused-ring (bicyclic) bond motifs is 1. The number of nitrogens with zero attached hydrogens (tertiary/aromatic N) is 6. The molecule has 1 spiro atoms. The minimum Gasteiger partial charge on any atom is -0.371 e. The van der Waals surface area contributed by atoms with E-state index in [2.05, 4.69) is 31.2 Å². The van der Waals surface area contributed by atoms with Crippen molar-refractivity contribution in [1.82, 2.24) is 15.9 Å². The number of benzene rings is 2. The summed E-state index contributed by atoms with van der Waals surface area (Å²) in [6.45, 7) is 2.04. The molecule has 0 bridgehead atoms. The molecule has 1 saturated heterocycles. The van der Waals surface area contributed by atoms with E-state index in [0.717, 1.165) is 55.0 Å². The molecule has 1 fully saturated rings. The van der Waals surface area contributed by atoms with Crippen molar-refractivity contribution >= 4 is 23.5 Å². The van der Waals surface area contributed by atoms with E-state index in [-0.39, 0.29) is 5.54 Å². The second-order valence-electron chi connectivity index (χ2n) is 7.79. The average molecular weight is 435 g/mol. The van der Waals surface area contributed by atoms with Crippen LogP contribution in [0.3, 0.4) is 0 Å². The quantitative estimate of drug-likeness (QED) is 0.0893. The van der Waals surface area contributed by atoms with E-state index >= 15 is 0 Å². The lowest BCUT2D eigenvalue weighted by atomic mass is 9.85. The molecule has 2 aromatic carbocycles. The number of rotatable bonds is 6. The molecule has 11 heteroatoms. The Kier molecular flexibility index (Phi) is 6.64. The molecule has 4 rings (SSSR count). The first-order chi connectivity index (χ1) is 15.6. The van der Waals surface area contributed by atoms with Gasteiger partial charge in [0.1, 0.15) is 5.84 Å². The second kappa shape index (κ2) is 9.77. The molecule has 2 aliphatic heterocycles. The van der Waals surface area contributed by atoms with E-state index in [1.165, 1.54) is 0 Å². The molecule has 1 unspecified atom stereocenters. The zero-order valence-corrected chi connectivity index (χ0v) is 17.5. The third kappa shape index (κ3) is 4.88. The smallest absolute Gasteiger partial charge is 0.171 e. The van der Waals surface area contributed by atoms with E-state index in [1.807, 2.05) is 47.5 Å². The van der Waals surface area contributed by atoms with Gasteiger partial charge in [-0.1, -0.05) is 30.3 Å². The number of hydrogen-bond acceptors (Lipinski definition) is 8. The number of azide groups is 1. The second-order valence-corrected chi connectivity index (χ2v) is 7.79.